The lowest BCUT2D eigenvalue weighted by molar-refractivity contribution is 0.133. The third kappa shape index (κ3) is 3.06. The normalized spacial score (nSPS) is 19.1. The minimum atomic E-state index is 1.01. The van der Waals surface area contributed by atoms with Crippen molar-refractivity contribution >= 4 is 0 Å². The maximum atomic E-state index is 4.31. The molecule has 1 aromatic heterocycles. The molecule has 0 aliphatic carbocycles. The second-order valence-corrected chi connectivity index (χ2v) is 4.56. The van der Waals surface area contributed by atoms with Crippen molar-refractivity contribution in [1.29, 1.82) is 0 Å². The molecule has 4 heteroatoms. The van der Waals surface area contributed by atoms with Gasteiger partial charge in [-0.15, -0.1) is 0 Å². The number of rotatable bonds is 4. The fraction of sp³-hybridized carbons (Fsp3) is 0.750. The standard InChI is InChI=1S/C12H22N4/c1-3-14-4-6-15(7-5-14)8-9-16-11-12(2)10-13-16/h10-11H,3-9H2,1-2H3. The van der Waals surface area contributed by atoms with Crippen LogP contribution in [0.1, 0.15) is 12.5 Å². The topological polar surface area (TPSA) is 24.3 Å². The number of hydrogen-bond donors (Lipinski definition) is 0. The summed E-state index contributed by atoms with van der Waals surface area (Å²) in [6, 6.07) is 0. The average Bonchev–Trinajstić information content (AvgIpc) is 2.73. The van der Waals surface area contributed by atoms with E-state index in [0.717, 1.165) is 13.1 Å². The molecule has 0 spiro atoms. The molecule has 90 valence electrons. The second kappa shape index (κ2) is 5.46. The predicted octanol–water partition coefficient (Wildman–Crippen LogP) is 0.829. The predicted molar refractivity (Wildman–Crippen MR) is 65.5 cm³/mol. The summed E-state index contributed by atoms with van der Waals surface area (Å²) in [4.78, 5) is 5.04. The Labute approximate surface area is 97.8 Å². The van der Waals surface area contributed by atoms with Crippen LogP contribution >= 0.6 is 0 Å². The van der Waals surface area contributed by atoms with Crippen molar-refractivity contribution in [3.05, 3.63) is 18.0 Å². The number of likely N-dealkylation sites (N-methyl/N-ethyl adjacent to an activating group) is 1. The maximum absolute atomic E-state index is 4.31. The fourth-order valence-corrected chi connectivity index (χ4v) is 2.16. The molecule has 0 N–H and O–H groups in total. The molecule has 0 radical (unpaired) electrons. The maximum Gasteiger partial charge on any atom is 0.0536 e. The molecule has 4 nitrogen and oxygen atoms in total. The number of aryl methyl sites for hydroxylation is 1. The molecular formula is C12H22N4. The second-order valence-electron chi connectivity index (χ2n) is 4.56. The van der Waals surface area contributed by atoms with Gasteiger partial charge in [0.25, 0.3) is 0 Å². The Morgan fingerprint density at radius 2 is 1.81 bits per heavy atom. The molecule has 1 saturated heterocycles. The minimum absolute atomic E-state index is 1.01. The smallest absolute Gasteiger partial charge is 0.0536 e. The molecule has 2 rings (SSSR count). The summed E-state index contributed by atoms with van der Waals surface area (Å²) in [7, 11) is 0. The lowest BCUT2D eigenvalue weighted by Crippen LogP contribution is -2.46. The van der Waals surface area contributed by atoms with Crippen molar-refractivity contribution in [1.82, 2.24) is 19.6 Å². The first kappa shape index (κ1) is 11.6. The van der Waals surface area contributed by atoms with Crippen molar-refractivity contribution in [2.75, 3.05) is 39.3 Å². The monoisotopic (exact) mass is 222 g/mol. The summed E-state index contributed by atoms with van der Waals surface area (Å²) in [6.45, 7) is 12.5. The number of nitrogens with zero attached hydrogens (tertiary/aromatic N) is 4. The van der Waals surface area contributed by atoms with E-state index in [9.17, 15) is 0 Å². The molecule has 1 aromatic rings. The van der Waals surface area contributed by atoms with Crippen LogP contribution < -0.4 is 0 Å². The molecule has 2 heterocycles. The van der Waals surface area contributed by atoms with Crippen LogP contribution in [-0.4, -0.2) is 58.8 Å². The summed E-state index contributed by atoms with van der Waals surface area (Å²) < 4.78 is 2.04. The highest BCUT2D eigenvalue weighted by Crippen LogP contribution is 2.02. The van der Waals surface area contributed by atoms with Crippen molar-refractivity contribution in [2.24, 2.45) is 0 Å². The molecule has 1 aliphatic heterocycles. The summed E-state index contributed by atoms with van der Waals surface area (Å²) in [5.41, 5.74) is 1.25. The van der Waals surface area contributed by atoms with E-state index in [0.29, 0.717) is 0 Å². The number of piperazine rings is 1. The van der Waals surface area contributed by atoms with Crippen LogP contribution in [0.3, 0.4) is 0 Å². The highest BCUT2D eigenvalue weighted by Gasteiger charge is 2.14. The Morgan fingerprint density at radius 3 is 2.38 bits per heavy atom. The van der Waals surface area contributed by atoms with Crippen LogP contribution in [0.4, 0.5) is 0 Å². The van der Waals surface area contributed by atoms with Crippen LogP contribution in [0.15, 0.2) is 12.4 Å². The van der Waals surface area contributed by atoms with Gasteiger partial charge in [-0.05, 0) is 19.0 Å². The van der Waals surface area contributed by atoms with Gasteiger partial charge in [0.15, 0.2) is 0 Å². The summed E-state index contributed by atoms with van der Waals surface area (Å²) in [5.74, 6) is 0. The fourth-order valence-electron chi connectivity index (χ4n) is 2.16. The van der Waals surface area contributed by atoms with Gasteiger partial charge in [-0.1, -0.05) is 6.92 Å². The van der Waals surface area contributed by atoms with Crippen molar-refractivity contribution in [3.63, 3.8) is 0 Å². The van der Waals surface area contributed by atoms with Gasteiger partial charge in [-0.25, -0.2) is 0 Å². The van der Waals surface area contributed by atoms with Gasteiger partial charge in [0.2, 0.25) is 0 Å². The van der Waals surface area contributed by atoms with E-state index < -0.39 is 0 Å². The zero-order valence-corrected chi connectivity index (χ0v) is 10.4. The van der Waals surface area contributed by atoms with E-state index in [1.165, 1.54) is 38.3 Å². The molecule has 0 bridgehead atoms. The van der Waals surface area contributed by atoms with Gasteiger partial charge < -0.3 is 4.90 Å². The third-order valence-electron chi connectivity index (χ3n) is 3.32. The Bertz CT molecular complexity index is 313. The largest absolute Gasteiger partial charge is 0.301 e. The first-order valence-electron chi connectivity index (χ1n) is 6.21. The van der Waals surface area contributed by atoms with E-state index in [2.05, 4.69) is 34.9 Å². The zero-order valence-electron chi connectivity index (χ0n) is 10.4. The van der Waals surface area contributed by atoms with E-state index in [1.807, 2.05) is 10.9 Å². The van der Waals surface area contributed by atoms with E-state index >= 15 is 0 Å². The molecule has 1 fully saturated rings. The van der Waals surface area contributed by atoms with E-state index in [4.69, 9.17) is 0 Å². The molecule has 0 atom stereocenters. The molecular weight excluding hydrogens is 200 g/mol. The molecule has 1 aliphatic rings. The van der Waals surface area contributed by atoms with Crippen molar-refractivity contribution in [3.8, 4) is 0 Å². The number of aromatic nitrogens is 2. The first-order chi connectivity index (χ1) is 7.78. The Hall–Kier alpha value is -0.870. The Morgan fingerprint density at radius 1 is 1.12 bits per heavy atom. The highest BCUT2D eigenvalue weighted by molar-refractivity contribution is 4.99. The lowest BCUT2D eigenvalue weighted by atomic mass is 10.3. The summed E-state index contributed by atoms with van der Waals surface area (Å²) >= 11 is 0. The first-order valence-corrected chi connectivity index (χ1v) is 6.21. The summed E-state index contributed by atoms with van der Waals surface area (Å²) in [5, 5.41) is 4.31. The third-order valence-corrected chi connectivity index (χ3v) is 3.32. The Balaban J connectivity index is 1.71. The molecule has 0 amide bonds. The minimum Gasteiger partial charge on any atom is -0.301 e. The van der Waals surface area contributed by atoms with Gasteiger partial charge in [-0.3, -0.25) is 9.58 Å². The van der Waals surface area contributed by atoms with Crippen LogP contribution in [-0.2, 0) is 6.54 Å². The van der Waals surface area contributed by atoms with Gasteiger partial charge in [0.1, 0.15) is 0 Å². The van der Waals surface area contributed by atoms with Gasteiger partial charge in [0, 0.05) is 38.9 Å². The lowest BCUT2D eigenvalue weighted by Gasteiger charge is -2.33. The number of hydrogen-bond acceptors (Lipinski definition) is 3. The van der Waals surface area contributed by atoms with Gasteiger partial charge in [-0.2, -0.15) is 5.10 Å². The van der Waals surface area contributed by atoms with Crippen molar-refractivity contribution in [2.45, 2.75) is 20.4 Å². The van der Waals surface area contributed by atoms with Gasteiger partial charge >= 0.3 is 0 Å². The molecule has 0 aromatic carbocycles. The van der Waals surface area contributed by atoms with Gasteiger partial charge in [0.05, 0.1) is 12.7 Å². The molecule has 16 heavy (non-hydrogen) atoms. The summed E-state index contributed by atoms with van der Waals surface area (Å²) in [6.07, 6.45) is 4.04. The van der Waals surface area contributed by atoms with E-state index in [-0.39, 0.29) is 0 Å². The zero-order chi connectivity index (χ0) is 11.4. The highest BCUT2D eigenvalue weighted by atomic mass is 15.3. The van der Waals surface area contributed by atoms with Crippen LogP contribution in [0.2, 0.25) is 0 Å². The molecule has 0 unspecified atom stereocenters. The molecule has 0 saturated carbocycles. The SMILES string of the molecule is CCN1CCN(CCn2cc(C)cn2)CC1. The quantitative estimate of drug-likeness (QED) is 0.754. The van der Waals surface area contributed by atoms with Crippen LogP contribution in [0, 0.1) is 6.92 Å². The van der Waals surface area contributed by atoms with Crippen LogP contribution in [0.5, 0.6) is 0 Å². The average molecular weight is 222 g/mol. The van der Waals surface area contributed by atoms with E-state index in [1.54, 1.807) is 0 Å². The van der Waals surface area contributed by atoms with Crippen LogP contribution in [0.25, 0.3) is 0 Å². The van der Waals surface area contributed by atoms with Crippen molar-refractivity contribution < 1.29 is 0 Å². The Kier molecular flexibility index (Phi) is 3.96.